The summed E-state index contributed by atoms with van der Waals surface area (Å²) in [6.45, 7) is 1.77. The molecule has 0 saturated carbocycles. The summed E-state index contributed by atoms with van der Waals surface area (Å²) in [5.41, 5.74) is 4.91. The van der Waals surface area contributed by atoms with Crippen LogP contribution in [0.4, 0.5) is 5.69 Å². The first-order valence-corrected chi connectivity index (χ1v) is 12.2. The molecule has 186 valence electrons. The Kier molecular flexibility index (Phi) is 7.75. The fourth-order valence-corrected chi connectivity index (χ4v) is 4.64. The number of carboxylic acids is 1. The van der Waals surface area contributed by atoms with Crippen LogP contribution in [0.2, 0.25) is 0 Å². The topological polar surface area (TPSA) is 81.1 Å². The second kappa shape index (κ2) is 11.1. The summed E-state index contributed by atoms with van der Waals surface area (Å²) < 4.78 is 16.6. The van der Waals surface area contributed by atoms with E-state index >= 15 is 0 Å². The predicted molar refractivity (Wildman–Crippen MR) is 143 cm³/mol. The van der Waals surface area contributed by atoms with Gasteiger partial charge in [0.15, 0.2) is 6.61 Å². The molecule has 0 radical (unpaired) electrons. The third-order valence-electron chi connectivity index (χ3n) is 5.54. The number of rotatable bonds is 10. The van der Waals surface area contributed by atoms with E-state index < -0.39 is 5.97 Å². The highest BCUT2D eigenvalue weighted by atomic mass is 32.1. The summed E-state index contributed by atoms with van der Waals surface area (Å²) >= 11 is 1.60. The molecule has 1 N–H and O–H groups in total. The largest absolute Gasteiger partial charge is 0.497 e. The van der Waals surface area contributed by atoms with Gasteiger partial charge in [0.2, 0.25) is 0 Å². The molecule has 7 nitrogen and oxygen atoms in total. The summed E-state index contributed by atoms with van der Waals surface area (Å²) in [5.74, 6) is 0.955. The summed E-state index contributed by atoms with van der Waals surface area (Å²) in [6, 6.07) is 21.6. The molecule has 0 saturated heterocycles. The van der Waals surface area contributed by atoms with Crippen LogP contribution in [0.25, 0.3) is 21.7 Å². The molecule has 1 heterocycles. The van der Waals surface area contributed by atoms with Gasteiger partial charge in [0.1, 0.15) is 28.9 Å². The molecule has 0 aliphatic carbocycles. The van der Waals surface area contributed by atoms with Crippen molar-refractivity contribution in [2.24, 2.45) is 0 Å². The third-order valence-corrected chi connectivity index (χ3v) is 6.62. The monoisotopic (exact) mass is 504 g/mol. The molecule has 0 atom stereocenters. The standard InChI is InChI=1S/C28H28N2O5S/c1-18-15-23(13-14-24(18)35-17-26(31)32)34-16-25-29-27(19-7-11-22(33-4)12-8-19)28(36-25)20-5-9-21(10-6-20)30(2)3/h5-15H,16-17H2,1-4H3,(H,31,32). The lowest BCUT2D eigenvalue weighted by Crippen LogP contribution is -2.10. The van der Waals surface area contributed by atoms with E-state index in [1.165, 1.54) is 0 Å². The maximum absolute atomic E-state index is 10.8. The van der Waals surface area contributed by atoms with Crippen molar-refractivity contribution in [2.45, 2.75) is 13.5 Å². The Balaban J connectivity index is 1.59. The predicted octanol–water partition coefficient (Wildman–Crippen LogP) is 5.90. The van der Waals surface area contributed by atoms with Gasteiger partial charge in [-0.2, -0.15) is 0 Å². The lowest BCUT2D eigenvalue weighted by molar-refractivity contribution is -0.139. The summed E-state index contributed by atoms with van der Waals surface area (Å²) in [5, 5.41) is 9.66. The number of hydrogen-bond donors (Lipinski definition) is 1. The summed E-state index contributed by atoms with van der Waals surface area (Å²) in [4.78, 5) is 18.8. The Morgan fingerprint density at radius 1 is 0.944 bits per heavy atom. The van der Waals surface area contributed by atoms with Crippen molar-refractivity contribution < 1.29 is 24.1 Å². The van der Waals surface area contributed by atoms with Gasteiger partial charge in [0, 0.05) is 25.3 Å². The van der Waals surface area contributed by atoms with Gasteiger partial charge in [-0.05, 0) is 72.6 Å². The molecule has 4 rings (SSSR count). The Hall–Kier alpha value is -4.04. The quantitative estimate of drug-likeness (QED) is 0.288. The number of hydrogen-bond acceptors (Lipinski definition) is 7. The summed E-state index contributed by atoms with van der Waals surface area (Å²) in [7, 11) is 5.69. The molecule has 0 fully saturated rings. The third kappa shape index (κ3) is 5.95. The van der Waals surface area contributed by atoms with Crippen LogP contribution < -0.4 is 19.1 Å². The Labute approximate surface area is 214 Å². The van der Waals surface area contributed by atoms with E-state index in [1.807, 2.05) is 51.4 Å². The maximum Gasteiger partial charge on any atom is 0.341 e. The minimum Gasteiger partial charge on any atom is -0.497 e. The number of methoxy groups -OCH3 is 1. The van der Waals surface area contributed by atoms with Crippen LogP contribution in [0.3, 0.4) is 0 Å². The first kappa shape index (κ1) is 25.1. The second-order valence-corrected chi connectivity index (χ2v) is 9.44. The number of aromatic nitrogens is 1. The van der Waals surface area contributed by atoms with E-state index in [4.69, 9.17) is 24.3 Å². The van der Waals surface area contributed by atoms with Crippen molar-refractivity contribution in [3.63, 3.8) is 0 Å². The van der Waals surface area contributed by atoms with Gasteiger partial charge in [0.05, 0.1) is 17.7 Å². The van der Waals surface area contributed by atoms with Gasteiger partial charge in [-0.15, -0.1) is 11.3 Å². The smallest absolute Gasteiger partial charge is 0.341 e. The highest BCUT2D eigenvalue weighted by Gasteiger charge is 2.16. The van der Waals surface area contributed by atoms with E-state index in [0.29, 0.717) is 18.1 Å². The van der Waals surface area contributed by atoms with Crippen molar-refractivity contribution in [3.8, 4) is 38.9 Å². The van der Waals surface area contributed by atoms with Crippen LogP contribution in [-0.4, -0.2) is 43.9 Å². The van der Waals surface area contributed by atoms with Crippen LogP contribution in [0.5, 0.6) is 17.2 Å². The molecule has 0 amide bonds. The average molecular weight is 505 g/mol. The number of anilines is 1. The normalized spacial score (nSPS) is 10.7. The minimum atomic E-state index is -1.02. The molecule has 0 unspecified atom stereocenters. The van der Waals surface area contributed by atoms with Gasteiger partial charge in [0.25, 0.3) is 0 Å². The molecule has 4 aromatic rings. The van der Waals surface area contributed by atoms with Crippen LogP contribution in [0.15, 0.2) is 66.7 Å². The molecular formula is C28H28N2O5S. The first-order valence-electron chi connectivity index (χ1n) is 11.3. The number of aryl methyl sites for hydroxylation is 1. The molecule has 0 spiro atoms. The molecule has 8 heteroatoms. The molecule has 0 aliphatic rings. The zero-order chi connectivity index (χ0) is 25.7. The molecule has 0 bridgehead atoms. The van der Waals surface area contributed by atoms with E-state index in [-0.39, 0.29) is 6.61 Å². The van der Waals surface area contributed by atoms with Crippen molar-refractivity contribution in [1.29, 1.82) is 0 Å². The Bertz CT molecular complexity index is 1330. The number of thiazole rings is 1. The lowest BCUT2D eigenvalue weighted by Gasteiger charge is -2.12. The van der Waals surface area contributed by atoms with Gasteiger partial charge in [-0.3, -0.25) is 0 Å². The zero-order valence-corrected chi connectivity index (χ0v) is 21.5. The second-order valence-electron chi connectivity index (χ2n) is 8.35. The highest BCUT2D eigenvalue weighted by Crippen LogP contribution is 2.38. The van der Waals surface area contributed by atoms with Crippen molar-refractivity contribution in [2.75, 3.05) is 32.7 Å². The van der Waals surface area contributed by atoms with E-state index in [0.717, 1.165) is 43.7 Å². The number of nitrogens with zero attached hydrogens (tertiary/aromatic N) is 2. The SMILES string of the molecule is COc1ccc(-c2nc(COc3ccc(OCC(=O)O)c(C)c3)sc2-c2ccc(N(C)C)cc2)cc1. The van der Waals surface area contributed by atoms with Gasteiger partial charge >= 0.3 is 5.97 Å². The lowest BCUT2D eigenvalue weighted by atomic mass is 10.1. The molecule has 3 aromatic carbocycles. The Morgan fingerprint density at radius 2 is 1.61 bits per heavy atom. The fourth-order valence-electron chi connectivity index (χ4n) is 3.64. The van der Waals surface area contributed by atoms with Crippen LogP contribution in [-0.2, 0) is 11.4 Å². The Morgan fingerprint density at radius 3 is 2.22 bits per heavy atom. The van der Waals surface area contributed by atoms with E-state index in [2.05, 4.69) is 29.2 Å². The average Bonchev–Trinajstić information content (AvgIpc) is 3.31. The molecule has 0 aliphatic heterocycles. The highest BCUT2D eigenvalue weighted by molar-refractivity contribution is 7.15. The summed E-state index contributed by atoms with van der Waals surface area (Å²) in [6.07, 6.45) is 0. The van der Waals surface area contributed by atoms with Crippen LogP contribution in [0.1, 0.15) is 10.6 Å². The zero-order valence-electron chi connectivity index (χ0n) is 20.6. The fraction of sp³-hybridized carbons (Fsp3) is 0.214. The van der Waals surface area contributed by atoms with Gasteiger partial charge in [-0.1, -0.05) is 12.1 Å². The van der Waals surface area contributed by atoms with Crippen LogP contribution >= 0.6 is 11.3 Å². The van der Waals surface area contributed by atoms with Crippen molar-refractivity contribution in [3.05, 3.63) is 77.3 Å². The molecule has 1 aromatic heterocycles. The van der Waals surface area contributed by atoms with E-state index in [9.17, 15) is 4.79 Å². The molecule has 36 heavy (non-hydrogen) atoms. The maximum atomic E-state index is 10.8. The molecular weight excluding hydrogens is 476 g/mol. The number of benzene rings is 3. The number of ether oxygens (including phenoxy) is 3. The first-order chi connectivity index (χ1) is 17.3. The number of carbonyl (C=O) groups is 1. The van der Waals surface area contributed by atoms with Crippen molar-refractivity contribution in [1.82, 2.24) is 4.98 Å². The van der Waals surface area contributed by atoms with Gasteiger partial charge < -0.3 is 24.2 Å². The van der Waals surface area contributed by atoms with Gasteiger partial charge in [-0.25, -0.2) is 9.78 Å². The number of aliphatic carboxylic acids is 1. The van der Waals surface area contributed by atoms with Crippen LogP contribution in [0, 0.1) is 6.92 Å². The van der Waals surface area contributed by atoms with Crippen molar-refractivity contribution >= 4 is 23.0 Å². The number of carboxylic acid groups (broad SMARTS) is 1. The van der Waals surface area contributed by atoms with E-state index in [1.54, 1.807) is 30.6 Å². The minimum absolute atomic E-state index is 0.304.